The number of nitrogens with zero attached hydrogens (tertiary/aromatic N) is 3. The number of rotatable bonds is 3. The molecule has 0 N–H and O–H groups in total. The second kappa shape index (κ2) is 11.7. The summed E-state index contributed by atoms with van der Waals surface area (Å²) in [7, 11) is 1.94. The van der Waals surface area contributed by atoms with Crippen LogP contribution in [0.1, 0.15) is 75.3 Å². The van der Waals surface area contributed by atoms with Crippen LogP contribution in [0, 0.1) is 5.95 Å². The van der Waals surface area contributed by atoms with Crippen LogP contribution in [0.15, 0.2) is 48.2 Å². The smallest absolute Gasteiger partial charge is 0.213 e. The first kappa shape index (κ1) is 23.0. The van der Waals surface area contributed by atoms with Crippen LogP contribution in [0.3, 0.4) is 0 Å². The zero-order valence-corrected chi connectivity index (χ0v) is 18.3. The van der Waals surface area contributed by atoms with Crippen molar-refractivity contribution in [3.63, 3.8) is 0 Å². The van der Waals surface area contributed by atoms with Gasteiger partial charge in [-0.3, -0.25) is 4.68 Å². The molecule has 3 aromatic rings. The average Bonchev–Trinajstić information content (AvgIpc) is 3.27. The minimum atomic E-state index is -0.397. The molecule has 27 heavy (non-hydrogen) atoms. The highest BCUT2D eigenvalue weighted by molar-refractivity contribution is 7.10. The van der Waals surface area contributed by atoms with Gasteiger partial charge in [-0.05, 0) is 52.5 Å². The van der Waals surface area contributed by atoms with Gasteiger partial charge < -0.3 is 0 Å². The van der Waals surface area contributed by atoms with Crippen molar-refractivity contribution in [3.05, 3.63) is 70.2 Å². The number of hydrogen-bond donors (Lipinski definition) is 0. The minimum absolute atomic E-state index is 0.373. The third-order valence-electron chi connectivity index (χ3n) is 3.92. The summed E-state index contributed by atoms with van der Waals surface area (Å²) in [4.78, 5) is 4.93. The van der Waals surface area contributed by atoms with Crippen LogP contribution in [0.4, 0.5) is 4.39 Å². The largest absolute Gasteiger partial charge is 0.276 e. The number of aromatic nitrogens is 3. The van der Waals surface area contributed by atoms with E-state index in [1.807, 2.05) is 55.4 Å². The maximum atomic E-state index is 12.4. The van der Waals surface area contributed by atoms with E-state index in [0.29, 0.717) is 17.8 Å². The summed E-state index contributed by atoms with van der Waals surface area (Å²) < 4.78 is 14.2. The Bertz CT molecular complexity index is 761. The Hall–Kier alpha value is -2.01. The first-order valence-corrected chi connectivity index (χ1v) is 10.2. The molecule has 0 saturated heterocycles. The Morgan fingerprint density at radius 3 is 1.93 bits per heavy atom. The number of pyridine rings is 1. The number of aryl methyl sites for hydroxylation is 1. The summed E-state index contributed by atoms with van der Waals surface area (Å²) in [6, 6.07) is 7.56. The summed E-state index contributed by atoms with van der Waals surface area (Å²) >= 11 is 1.83. The van der Waals surface area contributed by atoms with E-state index in [2.05, 4.69) is 55.3 Å². The Morgan fingerprint density at radius 1 is 0.963 bits per heavy atom. The first-order chi connectivity index (χ1) is 12.7. The second-order valence-corrected chi connectivity index (χ2v) is 8.32. The van der Waals surface area contributed by atoms with E-state index < -0.39 is 5.95 Å². The molecule has 0 radical (unpaired) electrons. The molecule has 0 fully saturated rings. The molecule has 3 rings (SSSR count). The topological polar surface area (TPSA) is 30.7 Å². The van der Waals surface area contributed by atoms with Crippen molar-refractivity contribution in [2.24, 2.45) is 7.05 Å². The van der Waals surface area contributed by atoms with E-state index in [4.69, 9.17) is 0 Å². The third-order valence-corrected chi connectivity index (χ3v) is 5.09. The van der Waals surface area contributed by atoms with E-state index in [1.54, 1.807) is 0 Å². The Kier molecular flexibility index (Phi) is 9.94. The lowest BCUT2D eigenvalue weighted by Gasteiger charge is -2.02. The number of halogens is 1. The maximum Gasteiger partial charge on any atom is 0.213 e. The molecule has 0 amide bonds. The number of thiophene rings is 1. The van der Waals surface area contributed by atoms with Crippen molar-refractivity contribution in [1.82, 2.24) is 14.8 Å². The molecule has 0 unspecified atom stereocenters. The van der Waals surface area contributed by atoms with Gasteiger partial charge in [0.05, 0.1) is 6.20 Å². The summed E-state index contributed by atoms with van der Waals surface area (Å²) in [5.41, 5.74) is 2.30. The molecule has 0 spiro atoms. The van der Waals surface area contributed by atoms with E-state index in [0.717, 1.165) is 5.56 Å². The van der Waals surface area contributed by atoms with Crippen LogP contribution in [0.5, 0.6) is 0 Å². The van der Waals surface area contributed by atoms with Crippen molar-refractivity contribution >= 4 is 11.3 Å². The second-order valence-electron chi connectivity index (χ2n) is 7.34. The quantitative estimate of drug-likeness (QED) is 0.463. The molecule has 5 heteroatoms. The molecule has 0 bridgehead atoms. The fourth-order valence-electron chi connectivity index (χ4n) is 2.13. The zero-order valence-electron chi connectivity index (χ0n) is 17.5. The van der Waals surface area contributed by atoms with E-state index in [-0.39, 0.29) is 0 Å². The van der Waals surface area contributed by atoms with Crippen LogP contribution in [0.2, 0.25) is 0 Å². The van der Waals surface area contributed by atoms with E-state index in [9.17, 15) is 4.39 Å². The molecular formula is C22H32FN3S. The molecule has 0 atom stereocenters. The molecule has 3 heterocycles. The fraction of sp³-hybridized carbons (Fsp3) is 0.455. The van der Waals surface area contributed by atoms with E-state index in [1.165, 1.54) is 22.7 Å². The SMILES string of the molecule is CC(C)c1cccs1.CC(C)c1ccnc(F)c1.CC(C)c1cnn(C)c1. The van der Waals surface area contributed by atoms with Gasteiger partial charge >= 0.3 is 0 Å². The molecule has 3 aromatic heterocycles. The molecule has 0 aliphatic carbocycles. The van der Waals surface area contributed by atoms with Crippen molar-refractivity contribution in [2.45, 2.75) is 59.3 Å². The van der Waals surface area contributed by atoms with Crippen molar-refractivity contribution < 1.29 is 4.39 Å². The maximum absolute atomic E-state index is 12.4. The van der Waals surface area contributed by atoms with Gasteiger partial charge in [0, 0.05) is 24.3 Å². The lowest BCUT2D eigenvalue weighted by Crippen LogP contribution is -1.89. The molecule has 0 saturated carbocycles. The molecule has 3 nitrogen and oxygen atoms in total. The normalized spacial score (nSPS) is 10.5. The number of hydrogen-bond acceptors (Lipinski definition) is 3. The Morgan fingerprint density at radius 2 is 1.63 bits per heavy atom. The standard InChI is InChI=1S/C8H10FN.C7H12N2.C7H10S/c1-6(2)7-3-4-10-8(9)5-7;1-6(2)7-4-8-9(3)5-7;1-6(2)7-4-3-5-8-7/h3-6H,1-2H3;4-6H,1-3H3;3-6H,1-2H3. The molecule has 0 aromatic carbocycles. The van der Waals surface area contributed by atoms with Crippen molar-refractivity contribution in [3.8, 4) is 0 Å². The van der Waals surface area contributed by atoms with Gasteiger partial charge in [-0.2, -0.15) is 9.49 Å². The Labute approximate surface area is 167 Å². The summed E-state index contributed by atoms with van der Waals surface area (Å²) in [5.74, 6) is 1.28. The van der Waals surface area contributed by atoms with Gasteiger partial charge in [-0.15, -0.1) is 11.3 Å². The summed E-state index contributed by atoms with van der Waals surface area (Å²) in [6.07, 6.45) is 5.44. The fourth-order valence-corrected chi connectivity index (χ4v) is 2.88. The van der Waals surface area contributed by atoms with Gasteiger partial charge in [-0.1, -0.05) is 47.6 Å². The van der Waals surface area contributed by atoms with Gasteiger partial charge in [0.2, 0.25) is 5.95 Å². The predicted molar refractivity (Wildman–Crippen MR) is 114 cm³/mol. The zero-order chi connectivity index (χ0) is 20.4. The van der Waals surface area contributed by atoms with Crippen molar-refractivity contribution in [2.75, 3.05) is 0 Å². The highest BCUT2D eigenvalue weighted by atomic mass is 32.1. The lowest BCUT2D eigenvalue weighted by molar-refractivity contribution is 0.579. The van der Waals surface area contributed by atoms with E-state index >= 15 is 0 Å². The molecule has 0 aliphatic heterocycles. The van der Waals surface area contributed by atoms with Gasteiger partial charge in [-0.25, -0.2) is 4.98 Å². The van der Waals surface area contributed by atoms with Crippen LogP contribution < -0.4 is 0 Å². The predicted octanol–water partition coefficient (Wildman–Crippen LogP) is 6.76. The highest BCUT2D eigenvalue weighted by Gasteiger charge is 1.99. The molecule has 0 aliphatic rings. The summed E-state index contributed by atoms with van der Waals surface area (Å²) in [5, 5.41) is 6.17. The minimum Gasteiger partial charge on any atom is -0.276 e. The average molecular weight is 390 g/mol. The van der Waals surface area contributed by atoms with Gasteiger partial charge in [0.15, 0.2) is 0 Å². The van der Waals surface area contributed by atoms with Gasteiger partial charge in [0.25, 0.3) is 0 Å². The van der Waals surface area contributed by atoms with Crippen LogP contribution >= 0.6 is 11.3 Å². The highest BCUT2D eigenvalue weighted by Crippen LogP contribution is 2.18. The molecule has 148 valence electrons. The monoisotopic (exact) mass is 389 g/mol. The van der Waals surface area contributed by atoms with Gasteiger partial charge in [0.1, 0.15) is 0 Å². The van der Waals surface area contributed by atoms with Crippen LogP contribution in [-0.4, -0.2) is 14.8 Å². The molecular weight excluding hydrogens is 357 g/mol. The van der Waals surface area contributed by atoms with Crippen LogP contribution in [0.25, 0.3) is 0 Å². The lowest BCUT2D eigenvalue weighted by atomic mass is 10.1. The summed E-state index contributed by atoms with van der Waals surface area (Å²) in [6.45, 7) is 12.8. The third kappa shape index (κ3) is 8.96. The first-order valence-electron chi connectivity index (χ1n) is 9.34. The Balaban J connectivity index is 0.000000204. The van der Waals surface area contributed by atoms with Crippen molar-refractivity contribution in [1.29, 1.82) is 0 Å². The van der Waals surface area contributed by atoms with Crippen LogP contribution in [-0.2, 0) is 7.05 Å².